The molecule has 5 rings (SSSR count). The number of aromatic nitrogens is 5. The summed E-state index contributed by atoms with van der Waals surface area (Å²) in [6.07, 6.45) is 1.59. The number of carbonyl (C=O) groups is 4. The highest BCUT2D eigenvalue weighted by molar-refractivity contribution is 8.01. The van der Waals surface area contributed by atoms with Crippen molar-refractivity contribution in [1.29, 1.82) is 0 Å². The standard InChI is InChI=1S/C21H20N10O7S3/c1-29-7-24-31-11(29)2-10(22)26-21(31)41-5-8-4-39-18-14(17(35)30(18)15(8)19(36)37)27-16(34)13(28-38-3-12(32)33)9-6-40-20(23)25-9/h2,6-7,14,18,22H,3-5H2,1H3,(H5,23,25,27,32,33,34,36,37)/p+1/b28-13-/t14?,18-/m0/s1. The highest BCUT2D eigenvalue weighted by Crippen LogP contribution is 2.41. The number of oxime groups is 1. The monoisotopic (exact) mass is 621 g/mol. The average Bonchev–Trinajstić information content (AvgIpc) is 3.52. The van der Waals surface area contributed by atoms with Gasteiger partial charge in [0.1, 0.15) is 28.6 Å². The predicted molar refractivity (Wildman–Crippen MR) is 146 cm³/mol. The van der Waals surface area contributed by atoms with E-state index in [1.807, 2.05) is 0 Å². The summed E-state index contributed by atoms with van der Waals surface area (Å²) in [4.78, 5) is 63.3. The van der Waals surface area contributed by atoms with Gasteiger partial charge in [0.25, 0.3) is 28.9 Å². The molecule has 0 aromatic carbocycles. The molecule has 3 aromatic heterocycles. The molecule has 214 valence electrons. The zero-order valence-electron chi connectivity index (χ0n) is 21.0. The van der Waals surface area contributed by atoms with Crippen molar-refractivity contribution in [2.45, 2.75) is 16.6 Å². The number of amides is 2. The van der Waals surface area contributed by atoms with Gasteiger partial charge in [-0.1, -0.05) is 16.9 Å². The Morgan fingerprint density at radius 1 is 1.32 bits per heavy atom. The average molecular weight is 622 g/mol. The molecule has 2 atom stereocenters. The van der Waals surface area contributed by atoms with Crippen LogP contribution in [0.2, 0.25) is 0 Å². The highest BCUT2D eigenvalue weighted by Gasteiger charge is 2.54. The van der Waals surface area contributed by atoms with Crippen molar-refractivity contribution in [2.75, 3.05) is 29.6 Å². The van der Waals surface area contributed by atoms with Crippen LogP contribution >= 0.6 is 34.9 Å². The van der Waals surface area contributed by atoms with E-state index in [4.69, 9.17) is 21.4 Å². The number of rotatable bonds is 10. The van der Waals surface area contributed by atoms with Gasteiger partial charge < -0.3 is 31.8 Å². The van der Waals surface area contributed by atoms with Crippen LogP contribution in [0.1, 0.15) is 5.69 Å². The van der Waals surface area contributed by atoms with Crippen LogP contribution in [0.4, 0.5) is 10.9 Å². The largest absolute Gasteiger partial charge is 0.479 e. The number of β-lactam (4-membered cyclic amide) rings is 1. The summed E-state index contributed by atoms with van der Waals surface area (Å²) >= 11 is 3.52. The molecule has 0 spiro atoms. The number of nitrogens with two attached hydrogens (primary N) is 2. The minimum Gasteiger partial charge on any atom is -0.479 e. The molecular formula is C21H21N10O7S3+. The number of nitrogens with one attached hydrogen (secondary N) is 1. The number of thioether (sulfide) groups is 2. The van der Waals surface area contributed by atoms with Gasteiger partial charge in [0.2, 0.25) is 6.61 Å². The van der Waals surface area contributed by atoms with Crippen molar-refractivity contribution in [1.82, 2.24) is 29.8 Å². The molecule has 0 radical (unpaired) electrons. The van der Waals surface area contributed by atoms with Crippen molar-refractivity contribution in [2.24, 2.45) is 12.2 Å². The van der Waals surface area contributed by atoms with Crippen molar-refractivity contribution < 1.29 is 38.8 Å². The number of carbonyl (C=O) groups excluding carboxylic acids is 2. The van der Waals surface area contributed by atoms with Gasteiger partial charge in [-0.2, -0.15) is 4.98 Å². The van der Waals surface area contributed by atoms with E-state index < -0.39 is 41.8 Å². The number of fused-ring (bicyclic) bond motifs is 2. The molecule has 1 saturated heterocycles. The Hall–Kier alpha value is -4.43. The van der Waals surface area contributed by atoms with Crippen molar-refractivity contribution in [3.63, 3.8) is 0 Å². The van der Waals surface area contributed by atoms with Crippen LogP contribution in [-0.2, 0) is 31.1 Å². The molecule has 1 fully saturated rings. The Bertz CT molecular complexity index is 1650. The van der Waals surface area contributed by atoms with E-state index >= 15 is 0 Å². The second kappa shape index (κ2) is 11.2. The van der Waals surface area contributed by atoms with Gasteiger partial charge in [0.05, 0.1) is 13.1 Å². The molecule has 2 amide bonds. The maximum absolute atomic E-state index is 13.1. The van der Waals surface area contributed by atoms with Gasteiger partial charge in [-0.15, -0.1) is 23.1 Å². The second-order valence-electron chi connectivity index (χ2n) is 8.56. The van der Waals surface area contributed by atoms with Crippen LogP contribution in [0.3, 0.4) is 0 Å². The molecule has 2 aliphatic rings. The van der Waals surface area contributed by atoms with Crippen LogP contribution in [0.15, 0.2) is 39.4 Å². The zero-order chi connectivity index (χ0) is 29.4. The van der Waals surface area contributed by atoms with Crippen molar-refractivity contribution >= 4 is 80.9 Å². The molecule has 3 aromatic rings. The molecule has 0 aliphatic carbocycles. The van der Waals surface area contributed by atoms with Crippen LogP contribution in [0.5, 0.6) is 0 Å². The van der Waals surface area contributed by atoms with E-state index in [1.54, 1.807) is 28.5 Å². The molecule has 0 bridgehead atoms. The molecular weight excluding hydrogens is 600 g/mol. The van der Waals surface area contributed by atoms with E-state index in [0.29, 0.717) is 16.4 Å². The van der Waals surface area contributed by atoms with Crippen LogP contribution in [0, 0.1) is 0 Å². The number of hydrogen-bond donors (Lipinski definition) is 5. The fourth-order valence-corrected chi connectivity index (χ4v) is 7.03. The number of nitrogens with zero attached hydrogens (tertiary/aromatic N) is 7. The first-order valence-electron chi connectivity index (χ1n) is 11.5. The Balaban J connectivity index is 1.33. The Morgan fingerprint density at radius 3 is 2.78 bits per heavy atom. The summed E-state index contributed by atoms with van der Waals surface area (Å²) in [6, 6.07) is 0.585. The number of nitrogen functional groups attached to an aromatic ring is 2. The van der Waals surface area contributed by atoms with Gasteiger partial charge in [-0.05, 0) is 10.1 Å². The first-order valence-corrected chi connectivity index (χ1v) is 14.4. The second-order valence-corrected chi connectivity index (χ2v) is 11.5. The van der Waals surface area contributed by atoms with Gasteiger partial charge in [-0.3, -0.25) is 14.5 Å². The summed E-state index contributed by atoms with van der Waals surface area (Å²) in [6.45, 7) is -0.811. The summed E-state index contributed by atoms with van der Waals surface area (Å²) in [5.41, 5.74) is 12.2. The highest BCUT2D eigenvalue weighted by atomic mass is 32.2. The van der Waals surface area contributed by atoms with E-state index in [0.717, 1.165) is 16.2 Å². The van der Waals surface area contributed by atoms with Gasteiger partial charge >= 0.3 is 11.9 Å². The predicted octanol–water partition coefficient (Wildman–Crippen LogP) is -1.49. The molecule has 1 unspecified atom stereocenters. The molecule has 17 nitrogen and oxygen atoms in total. The number of hydrogen-bond acceptors (Lipinski definition) is 14. The minimum atomic E-state index is -1.31. The van der Waals surface area contributed by atoms with Crippen LogP contribution in [-0.4, -0.2) is 93.7 Å². The lowest BCUT2D eigenvalue weighted by molar-refractivity contribution is -0.646. The number of aryl methyl sites for hydroxylation is 1. The summed E-state index contributed by atoms with van der Waals surface area (Å²) in [5, 5.41) is 30.5. The third kappa shape index (κ3) is 5.47. The summed E-state index contributed by atoms with van der Waals surface area (Å²) < 4.78 is 3.34. The number of anilines is 2. The minimum absolute atomic E-state index is 0.0239. The van der Waals surface area contributed by atoms with Crippen molar-refractivity contribution in [3.8, 4) is 0 Å². The van der Waals surface area contributed by atoms with Crippen LogP contribution in [0.25, 0.3) is 5.65 Å². The molecule has 20 heteroatoms. The first-order chi connectivity index (χ1) is 19.5. The molecule has 5 heterocycles. The number of aliphatic carboxylic acids is 2. The zero-order valence-corrected chi connectivity index (χ0v) is 23.4. The van der Waals surface area contributed by atoms with Gasteiger partial charge in [-0.25, -0.2) is 19.1 Å². The Labute approximate surface area is 242 Å². The SMILES string of the molecule is C[n+]1cnn2c(SCC3=C(C(=O)O)N4C(=O)C(NC(=O)/C(=N\OCC(=O)O)c5csc(N)n5)[C@@H]4SC3)nc(N)cc21. The number of carboxylic acid groups (broad SMARTS) is 2. The maximum atomic E-state index is 13.1. The fourth-order valence-electron chi connectivity index (χ4n) is 4.03. The molecule has 0 saturated carbocycles. The maximum Gasteiger partial charge on any atom is 0.352 e. The normalized spacial score (nSPS) is 18.7. The topological polar surface area (TPSA) is 245 Å². The van der Waals surface area contributed by atoms with Crippen molar-refractivity contribution in [3.05, 3.63) is 34.7 Å². The molecule has 7 N–H and O–H groups in total. The molecule has 41 heavy (non-hydrogen) atoms. The van der Waals surface area contributed by atoms with Gasteiger partial charge in [0.15, 0.2) is 10.8 Å². The number of carboxylic acids is 2. The lowest BCUT2D eigenvalue weighted by Crippen LogP contribution is -2.71. The quantitative estimate of drug-likeness (QED) is 0.0432. The van der Waals surface area contributed by atoms with E-state index in [-0.39, 0.29) is 39.6 Å². The Kier molecular flexibility index (Phi) is 7.69. The van der Waals surface area contributed by atoms with E-state index in [9.17, 15) is 24.3 Å². The molecule has 2 aliphatic heterocycles. The van der Waals surface area contributed by atoms with Crippen LogP contribution < -0.4 is 21.4 Å². The summed E-state index contributed by atoms with van der Waals surface area (Å²) in [5.74, 6) is -3.38. The smallest absolute Gasteiger partial charge is 0.352 e. The van der Waals surface area contributed by atoms with E-state index in [2.05, 4.69) is 25.5 Å². The fraction of sp³-hybridized carbons (Fsp3) is 0.286. The third-order valence-corrected chi connectivity index (χ3v) is 8.87. The summed E-state index contributed by atoms with van der Waals surface area (Å²) in [7, 11) is 1.80. The number of thiazole rings is 1. The Morgan fingerprint density at radius 2 is 2.10 bits per heavy atom. The van der Waals surface area contributed by atoms with E-state index in [1.165, 1.54) is 28.9 Å². The van der Waals surface area contributed by atoms with Gasteiger partial charge in [0, 0.05) is 22.0 Å². The first kappa shape index (κ1) is 28.1. The third-order valence-electron chi connectivity index (χ3n) is 5.84. The lowest BCUT2D eigenvalue weighted by Gasteiger charge is -2.49. The lowest BCUT2D eigenvalue weighted by atomic mass is 10.0.